The van der Waals surface area contributed by atoms with E-state index in [0.29, 0.717) is 12.7 Å². The Balaban J connectivity index is 1.88. The molecule has 1 aromatic carbocycles. The van der Waals surface area contributed by atoms with Gasteiger partial charge in [-0.25, -0.2) is 0 Å². The first kappa shape index (κ1) is 8.91. The third kappa shape index (κ3) is 2.64. The summed E-state index contributed by atoms with van der Waals surface area (Å²) in [6.07, 6.45) is 2.40. The van der Waals surface area contributed by atoms with Crippen LogP contribution >= 0.6 is 11.8 Å². The predicted octanol–water partition coefficient (Wildman–Crippen LogP) is 2.19. The number of epoxide rings is 1. The highest BCUT2D eigenvalue weighted by molar-refractivity contribution is 7.98. The highest BCUT2D eigenvalue weighted by Gasteiger charge is 2.22. The zero-order valence-electron chi connectivity index (χ0n) is 7.53. The molecule has 0 unspecified atom stereocenters. The maximum absolute atomic E-state index is 5.50. The number of rotatable bonds is 4. The quantitative estimate of drug-likeness (QED) is 0.544. The molecule has 3 heteroatoms. The van der Waals surface area contributed by atoms with Gasteiger partial charge in [-0.1, -0.05) is 0 Å². The van der Waals surface area contributed by atoms with Crippen molar-refractivity contribution in [2.75, 3.05) is 19.5 Å². The van der Waals surface area contributed by atoms with E-state index in [9.17, 15) is 0 Å². The molecule has 2 rings (SSSR count). The normalized spacial score (nSPS) is 19.9. The lowest BCUT2D eigenvalue weighted by molar-refractivity contribution is 0.263. The molecule has 1 saturated heterocycles. The molecule has 0 N–H and O–H groups in total. The van der Waals surface area contributed by atoms with Crippen LogP contribution in [-0.2, 0) is 4.74 Å². The van der Waals surface area contributed by atoms with Crippen LogP contribution in [0.1, 0.15) is 0 Å². The minimum absolute atomic E-state index is 0.334. The van der Waals surface area contributed by atoms with Crippen LogP contribution in [-0.4, -0.2) is 25.6 Å². The fraction of sp³-hybridized carbons (Fsp3) is 0.400. The van der Waals surface area contributed by atoms with Gasteiger partial charge in [0.05, 0.1) is 6.61 Å². The molecule has 1 heterocycles. The lowest BCUT2D eigenvalue weighted by Crippen LogP contribution is -2.03. The van der Waals surface area contributed by atoms with E-state index in [2.05, 4.69) is 18.4 Å². The Morgan fingerprint density at radius 1 is 1.46 bits per heavy atom. The third-order valence-corrected chi connectivity index (χ3v) is 2.64. The highest BCUT2D eigenvalue weighted by atomic mass is 32.2. The standard InChI is InChI=1S/C10H12O2S/c1-13-10-4-2-8(3-5-10)11-6-9-7-12-9/h2-5,9H,6-7H2,1H3/t9-/m1/s1. The Bertz CT molecular complexity index is 267. The van der Waals surface area contributed by atoms with Crippen molar-refractivity contribution < 1.29 is 9.47 Å². The SMILES string of the molecule is CSc1ccc(OC[C@@H]2CO2)cc1. The molecule has 0 radical (unpaired) electrons. The molecule has 0 amide bonds. The van der Waals surface area contributed by atoms with Crippen molar-refractivity contribution in [3.05, 3.63) is 24.3 Å². The van der Waals surface area contributed by atoms with Gasteiger partial charge in [0.15, 0.2) is 0 Å². The average Bonchev–Trinajstić information content (AvgIpc) is 2.99. The van der Waals surface area contributed by atoms with Crippen LogP contribution < -0.4 is 4.74 Å². The molecule has 70 valence electrons. The van der Waals surface area contributed by atoms with Gasteiger partial charge in [0, 0.05) is 4.90 Å². The van der Waals surface area contributed by atoms with Crippen LogP contribution in [0.3, 0.4) is 0 Å². The lowest BCUT2D eigenvalue weighted by Gasteiger charge is -2.03. The third-order valence-electron chi connectivity index (χ3n) is 1.90. The lowest BCUT2D eigenvalue weighted by atomic mass is 10.3. The zero-order valence-corrected chi connectivity index (χ0v) is 8.34. The van der Waals surface area contributed by atoms with E-state index in [4.69, 9.17) is 9.47 Å². The average molecular weight is 196 g/mol. The van der Waals surface area contributed by atoms with Crippen molar-refractivity contribution in [3.8, 4) is 5.75 Å². The molecule has 0 spiro atoms. The molecule has 1 atom stereocenters. The van der Waals surface area contributed by atoms with E-state index in [1.54, 1.807) is 11.8 Å². The zero-order chi connectivity index (χ0) is 9.10. The Morgan fingerprint density at radius 2 is 2.15 bits per heavy atom. The molecule has 13 heavy (non-hydrogen) atoms. The van der Waals surface area contributed by atoms with Crippen molar-refractivity contribution >= 4 is 11.8 Å². The van der Waals surface area contributed by atoms with E-state index in [0.717, 1.165) is 12.4 Å². The van der Waals surface area contributed by atoms with Gasteiger partial charge in [-0.3, -0.25) is 0 Å². The Kier molecular flexibility index (Phi) is 2.76. The van der Waals surface area contributed by atoms with Crippen LogP contribution in [0.25, 0.3) is 0 Å². The smallest absolute Gasteiger partial charge is 0.119 e. The van der Waals surface area contributed by atoms with Crippen LogP contribution in [0, 0.1) is 0 Å². The fourth-order valence-corrected chi connectivity index (χ4v) is 1.43. The molecule has 2 nitrogen and oxygen atoms in total. The summed E-state index contributed by atoms with van der Waals surface area (Å²) in [5, 5.41) is 0. The second-order valence-corrected chi connectivity index (χ2v) is 3.82. The van der Waals surface area contributed by atoms with Crippen LogP contribution in [0.2, 0.25) is 0 Å². The summed E-state index contributed by atoms with van der Waals surface area (Å²) in [5.74, 6) is 0.924. The molecule has 1 aliphatic heterocycles. The van der Waals surface area contributed by atoms with E-state index in [1.165, 1.54) is 4.90 Å². The number of thioether (sulfide) groups is 1. The molecule has 0 aliphatic carbocycles. The number of benzene rings is 1. The van der Waals surface area contributed by atoms with E-state index in [-0.39, 0.29) is 0 Å². The summed E-state index contributed by atoms with van der Waals surface area (Å²) < 4.78 is 10.5. The summed E-state index contributed by atoms with van der Waals surface area (Å²) in [5.41, 5.74) is 0. The largest absolute Gasteiger partial charge is 0.491 e. The van der Waals surface area contributed by atoms with Gasteiger partial charge in [-0.15, -0.1) is 11.8 Å². The number of hydrogen-bond acceptors (Lipinski definition) is 3. The van der Waals surface area contributed by atoms with E-state index < -0.39 is 0 Å². The number of ether oxygens (including phenoxy) is 2. The van der Waals surface area contributed by atoms with Crippen LogP contribution in [0.15, 0.2) is 29.2 Å². The summed E-state index contributed by atoms with van der Waals surface area (Å²) in [4.78, 5) is 1.26. The topological polar surface area (TPSA) is 21.8 Å². The van der Waals surface area contributed by atoms with E-state index in [1.807, 2.05) is 12.1 Å². The van der Waals surface area contributed by atoms with Gasteiger partial charge >= 0.3 is 0 Å². The number of hydrogen-bond donors (Lipinski definition) is 0. The minimum Gasteiger partial charge on any atom is -0.491 e. The molecule has 0 aromatic heterocycles. The fourth-order valence-electron chi connectivity index (χ4n) is 1.03. The van der Waals surface area contributed by atoms with Gasteiger partial charge in [-0.2, -0.15) is 0 Å². The molecule has 0 bridgehead atoms. The van der Waals surface area contributed by atoms with Gasteiger partial charge in [0.25, 0.3) is 0 Å². The van der Waals surface area contributed by atoms with Gasteiger partial charge in [0.2, 0.25) is 0 Å². The first-order valence-electron chi connectivity index (χ1n) is 4.27. The molecular formula is C10H12O2S. The molecule has 1 aliphatic rings. The van der Waals surface area contributed by atoms with Crippen molar-refractivity contribution in [1.82, 2.24) is 0 Å². The summed E-state index contributed by atoms with van der Waals surface area (Å²) >= 11 is 1.73. The summed E-state index contributed by atoms with van der Waals surface area (Å²) in [6, 6.07) is 8.12. The Morgan fingerprint density at radius 3 is 2.69 bits per heavy atom. The second kappa shape index (κ2) is 4.03. The van der Waals surface area contributed by atoms with Crippen LogP contribution in [0.5, 0.6) is 5.75 Å². The Hall–Kier alpha value is -0.670. The van der Waals surface area contributed by atoms with Crippen molar-refractivity contribution in [1.29, 1.82) is 0 Å². The maximum Gasteiger partial charge on any atom is 0.119 e. The molecule has 1 aromatic rings. The summed E-state index contributed by atoms with van der Waals surface area (Å²) in [7, 11) is 0. The maximum atomic E-state index is 5.50. The molecule has 1 fully saturated rings. The van der Waals surface area contributed by atoms with Crippen molar-refractivity contribution in [3.63, 3.8) is 0 Å². The molecule has 0 saturated carbocycles. The van der Waals surface area contributed by atoms with Crippen molar-refractivity contribution in [2.24, 2.45) is 0 Å². The summed E-state index contributed by atoms with van der Waals surface area (Å²) in [6.45, 7) is 1.53. The van der Waals surface area contributed by atoms with Gasteiger partial charge in [0.1, 0.15) is 18.5 Å². The van der Waals surface area contributed by atoms with Crippen LogP contribution in [0.4, 0.5) is 0 Å². The van der Waals surface area contributed by atoms with Gasteiger partial charge in [-0.05, 0) is 30.5 Å². The first-order valence-corrected chi connectivity index (χ1v) is 5.49. The molecular weight excluding hydrogens is 184 g/mol. The second-order valence-electron chi connectivity index (χ2n) is 2.94. The minimum atomic E-state index is 0.334. The monoisotopic (exact) mass is 196 g/mol. The predicted molar refractivity (Wildman–Crippen MR) is 53.5 cm³/mol. The van der Waals surface area contributed by atoms with Crippen molar-refractivity contribution in [2.45, 2.75) is 11.0 Å². The Labute approximate surface area is 82.2 Å². The highest BCUT2D eigenvalue weighted by Crippen LogP contribution is 2.20. The first-order chi connectivity index (χ1) is 6.38. The van der Waals surface area contributed by atoms with E-state index >= 15 is 0 Å². The van der Waals surface area contributed by atoms with Gasteiger partial charge < -0.3 is 9.47 Å².